The quantitative estimate of drug-likeness (QED) is 0.149. The highest BCUT2D eigenvalue weighted by atomic mass is 19.4. The van der Waals surface area contributed by atoms with E-state index < -0.39 is 114 Å². The molecule has 4 aliphatic carbocycles. The third-order valence-electron chi connectivity index (χ3n) is 11.9. The second-order valence-corrected chi connectivity index (χ2v) is 14.6. The molecule has 0 unspecified atom stereocenters. The Kier molecular flexibility index (Phi) is 10.7. The highest BCUT2D eigenvalue weighted by Crippen LogP contribution is 2.68. The van der Waals surface area contributed by atoms with Crippen LogP contribution >= 0.6 is 0 Å². The Labute approximate surface area is 278 Å². The number of carbonyl (C=O) groups excluding carboxylic acids is 4. The van der Waals surface area contributed by atoms with Crippen LogP contribution in [0.1, 0.15) is 78.6 Å². The molecule has 0 N–H and O–H groups in total. The van der Waals surface area contributed by atoms with Crippen LogP contribution in [0, 0.1) is 46.3 Å². The molecule has 0 heterocycles. The molecule has 19 heteroatoms. The minimum atomic E-state index is -5.94. The maximum atomic E-state index is 13.8. The van der Waals surface area contributed by atoms with Gasteiger partial charge in [-0.15, -0.1) is 0 Å². The summed E-state index contributed by atoms with van der Waals surface area (Å²) in [5, 5.41) is 0. The van der Waals surface area contributed by atoms with Crippen molar-refractivity contribution in [3.63, 3.8) is 0 Å². The third-order valence-corrected chi connectivity index (χ3v) is 11.9. The van der Waals surface area contributed by atoms with Crippen LogP contribution in [0.4, 0.5) is 52.7 Å². The Hall–Kier alpha value is -2.76. The van der Waals surface area contributed by atoms with E-state index in [0.717, 1.165) is 0 Å². The maximum Gasteiger partial charge on any atom is 0.490 e. The summed E-state index contributed by atoms with van der Waals surface area (Å²) in [5.41, 5.74) is -2.20. The molecule has 7 nitrogen and oxygen atoms in total. The molecule has 0 aromatic rings. The van der Waals surface area contributed by atoms with Crippen molar-refractivity contribution < 1.29 is 86.1 Å². The molecule has 0 aromatic carbocycles. The van der Waals surface area contributed by atoms with Crippen molar-refractivity contribution >= 4 is 23.7 Å². The van der Waals surface area contributed by atoms with Gasteiger partial charge in [0, 0.05) is 24.2 Å². The number of esters is 3. The van der Waals surface area contributed by atoms with Crippen molar-refractivity contribution in [3.05, 3.63) is 0 Å². The van der Waals surface area contributed by atoms with Gasteiger partial charge in [-0.3, -0.25) is 9.59 Å². The van der Waals surface area contributed by atoms with Crippen molar-refractivity contribution in [2.24, 2.45) is 46.3 Å². The molecule has 4 fully saturated rings. The minimum Gasteiger partial charge on any atom is -0.456 e. The maximum absolute atomic E-state index is 13.8. The zero-order valence-electron chi connectivity index (χ0n) is 27.0. The number of alkyl halides is 12. The summed E-state index contributed by atoms with van der Waals surface area (Å²) in [6.45, 7) is 4.77. The Morgan fingerprint density at radius 1 is 0.800 bits per heavy atom. The van der Waals surface area contributed by atoms with Gasteiger partial charge in [-0.05, 0) is 80.0 Å². The zero-order chi connectivity index (χ0) is 38.0. The predicted octanol–water partition coefficient (Wildman–Crippen LogP) is 7.84. The molecule has 0 amide bonds. The number of hydrogen-bond donors (Lipinski definition) is 0. The molecule has 0 saturated heterocycles. The van der Waals surface area contributed by atoms with Gasteiger partial charge >= 0.3 is 42.6 Å². The van der Waals surface area contributed by atoms with Crippen LogP contribution in [-0.2, 0) is 33.4 Å². The second-order valence-electron chi connectivity index (χ2n) is 14.6. The third kappa shape index (κ3) is 7.70. The van der Waals surface area contributed by atoms with Crippen LogP contribution in [-0.4, -0.2) is 66.7 Å². The largest absolute Gasteiger partial charge is 0.490 e. The van der Waals surface area contributed by atoms with Gasteiger partial charge in [-0.2, -0.15) is 52.7 Å². The minimum absolute atomic E-state index is 0.0273. The Bertz CT molecular complexity index is 1310. The lowest BCUT2D eigenvalue weighted by Gasteiger charge is -2.62. The molecule has 0 radical (unpaired) electrons. The molecule has 0 aromatic heterocycles. The fraction of sp³-hybridized carbons (Fsp3) is 0.871. The second kappa shape index (κ2) is 13.3. The van der Waals surface area contributed by atoms with E-state index >= 15 is 0 Å². The van der Waals surface area contributed by atoms with Gasteiger partial charge < -0.3 is 14.2 Å². The summed E-state index contributed by atoms with van der Waals surface area (Å²) in [6, 6.07) is 0. The summed E-state index contributed by atoms with van der Waals surface area (Å²) in [5.74, 6) is -11.3. The van der Waals surface area contributed by atoms with E-state index in [-0.39, 0.29) is 57.1 Å². The predicted molar refractivity (Wildman–Crippen MR) is 143 cm³/mol. The van der Waals surface area contributed by atoms with Gasteiger partial charge in [0.05, 0.1) is 0 Å². The Morgan fingerprint density at radius 2 is 1.36 bits per heavy atom. The molecule has 10 atom stereocenters. The van der Waals surface area contributed by atoms with Gasteiger partial charge in [0.25, 0.3) is 6.10 Å². The number of Topliss-reactive ketones (excluding diaryl/α,β-unsaturated/α-hetero) is 1. The van der Waals surface area contributed by atoms with Crippen LogP contribution in [0.2, 0.25) is 0 Å². The van der Waals surface area contributed by atoms with Crippen molar-refractivity contribution in [2.45, 2.75) is 122 Å². The van der Waals surface area contributed by atoms with E-state index in [9.17, 15) is 71.9 Å². The van der Waals surface area contributed by atoms with Crippen LogP contribution in [0.25, 0.3) is 0 Å². The van der Waals surface area contributed by atoms with E-state index in [1.807, 2.05) is 0 Å². The summed E-state index contributed by atoms with van der Waals surface area (Å²) >= 11 is 0. The number of fused-ring (bicyclic) bond motifs is 5. The van der Waals surface area contributed by atoms with Crippen molar-refractivity contribution in [1.29, 1.82) is 0 Å². The standard InChI is InChI=1S/C31H36F12O7/c1-13(4-7-21(45)50-23(28(32,33)34)29(35,36)37)16-5-6-17-22-18(12-20(27(16,17)3)49-25(47)31(41,42)43)26(2)9-8-15(10-14(26)11-19(22)44)48-24(46)30(38,39)40/h13-18,20,22-23H,4-12H2,1-3H3/t13-,14+,15-,16-,17+,18+,20+,22+,26+,27-/m1/s1. The summed E-state index contributed by atoms with van der Waals surface area (Å²) < 4.78 is 170. The summed E-state index contributed by atoms with van der Waals surface area (Å²) in [7, 11) is 0. The fourth-order valence-corrected chi connectivity index (χ4v) is 9.55. The number of rotatable bonds is 7. The Balaban J connectivity index is 1.59. The molecule has 4 saturated carbocycles. The molecule has 0 bridgehead atoms. The first-order chi connectivity index (χ1) is 22.6. The first-order valence-electron chi connectivity index (χ1n) is 16.0. The van der Waals surface area contributed by atoms with Gasteiger partial charge in [0.2, 0.25) is 0 Å². The van der Waals surface area contributed by atoms with E-state index in [4.69, 9.17) is 4.74 Å². The lowest BCUT2D eigenvalue weighted by molar-refractivity contribution is -0.313. The monoisotopic (exact) mass is 748 g/mol. The molecular formula is C31H36F12O7. The molecule has 4 aliphatic rings. The Morgan fingerprint density at radius 3 is 1.90 bits per heavy atom. The first-order valence-corrected chi connectivity index (χ1v) is 16.0. The first kappa shape index (κ1) is 40.0. The number of hydrogen-bond acceptors (Lipinski definition) is 7. The molecule has 286 valence electrons. The van der Waals surface area contributed by atoms with Crippen LogP contribution in [0.15, 0.2) is 0 Å². The molecule has 0 aliphatic heterocycles. The average Bonchev–Trinajstić information content (AvgIpc) is 3.31. The number of carbonyl (C=O) groups is 4. The van der Waals surface area contributed by atoms with Gasteiger partial charge in [0.1, 0.15) is 18.0 Å². The van der Waals surface area contributed by atoms with Crippen LogP contribution < -0.4 is 0 Å². The van der Waals surface area contributed by atoms with E-state index in [2.05, 4.69) is 9.47 Å². The van der Waals surface area contributed by atoms with E-state index in [0.29, 0.717) is 0 Å². The van der Waals surface area contributed by atoms with Gasteiger partial charge in [0.15, 0.2) is 0 Å². The normalized spacial score (nSPS) is 35.4. The number of ketones is 1. The molecule has 50 heavy (non-hydrogen) atoms. The average molecular weight is 749 g/mol. The van der Waals surface area contributed by atoms with E-state index in [1.165, 1.54) is 13.8 Å². The lowest BCUT2D eigenvalue weighted by atomic mass is 9.43. The van der Waals surface area contributed by atoms with Gasteiger partial charge in [-0.25, -0.2) is 9.59 Å². The highest BCUT2D eigenvalue weighted by Gasteiger charge is 2.68. The number of ether oxygens (including phenoxy) is 3. The number of halogens is 12. The summed E-state index contributed by atoms with van der Waals surface area (Å²) in [4.78, 5) is 49.7. The zero-order valence-corrected chi connectivity index (χ0v) is 27.0. The SMILES string of the molecule is C[C@H](CCC(=O)OC(C(F)(F)F)C(F)(F)F)[C@H]1CC[C@H]2[C@@H]3C(=O)C[C@@H]4C[C@H](OC(=O)C(F)(F)F)CC[C@]4(C)[C@H]3C[C@H](OC(=O)C(F)(F)F)[C@]12C. The topological polar surface area (TPSA) is 96.0 Å². The smallest absolute Gasteiger partial charge is 0.456 e. The fourth-order valence-electron chi connectivity index (χ4n) is 9.55. The van der Waals surface area contributed by atoms with Crippen molar-refractivity contribution in [3.8, 4) is 0 Å². The van der Waals surface area contributed by atoms with Crippen LogP contribution in [0.5, 0.6) is 0 Å². The van der Waals surface area contributed by atoms with Crippen LogP contribution in [0.3, 0.4) is 0 Å². The lowest BCUT2D eigenvalue weighted by Crippen LogP contribution is -2.62. The highest BCUT2D eigenvalue weighted by molar-refractivity contribution is 5.84. The molecule has 0 spiro atoms. The van der Waals surface area contributed by atoms with Crippen molar-refractivity contribution in [2.75, 3.05) is 0 Å². The molecule has 4 rings (SSSR count). The van der Waals surface area contributed by atoms with Crippen molar-refractivity contribution in [1.82, 2.24) is 0 Å². The molecular weight excluding hydrogens is 712 g/mol. The summed E-state index contributed by atoms with van der Waals surface area (Å²) in [6.07, 6.45) is -30.7. The van der Waals surface area contributed by atoms with Gasteiger partial charge in [-0.1, -0.05) is 20.8 Å². The van der Waals surface area contributed by atoms with E-state index in [1.54, 1.807) is 6.92 Å².